The minimum Gasteiger partial charge on any atom is -0.495 e. The van der Waals surface area contributed by atoms with Gasteiger partial charge in [-0.25, -0.2) is 13.8 Å². The summed E-state index contributed by atoms with van der Waals surface area (Å²) in [6.07, 6.45) is 3.43. The van der Waals surface area contributed by atoms with Crippen LogP contribution in [0.5, 0.6) is 11.5 Å². The van der Waals surface area contributed by atoms with Crippen LogP contribution in [0.2, 0.25) is 0 Å². The van der Waals surface area contributed by atoms with E-state index in [1.807, 2.05) is 26.0 Å². The van der Waals surface area contributed by atoms with E-state index in [2.05, 4.69) is 10.5 Å². The molecule has 2 rings (SSSR count). The molecule has 0 saturated carbocycles. The van der Waals surface area contributed by atoms with Crippen molar-refractivity contribution in [1.82, 2.24) is 5.43 Å². The molecule has 0 radical (unpaired) electrons. The monoisotopic (exact) mass is 433 g/mol. The van der Waals surface area contributed by atoms with Crippen LogP contribution in [-0.4, -0.2) is 47.1 Å². The van der Waals surface area contributed by atoms with E-state index in [0.717, 1.165) is 33.9 Å². The summed E-state index contributed by atoms with van der Waals surface area (Å²) < 4.78 is 36.3. The van der Waals surface area contributed by atoms with Gasteiger partial charge in [0.2, 0.25) is 10.0 Å². The van der Waals surface area contributed by atoms with Crippen molar-refractivity contribution in [1.29, 1.82) is 0 Å². The first kappa shape index (κ1) is 23.2. The molecule has 0 aliphatic carbocycles. The molecule has 0 aliphatic heterocycles. The molecule has 0 spiro atoms. The summed E-state index contributed by atoms with van der Waals surface area (Å²) in [6, 6.07) is 12.3. The second-order valence-electron chi connectivity index (χ2n) is 6.66. The number of methoxy groups -OCH3 is 1. The molecule has 0 saturated heterocycles. The van der Waals surface area contributed by atoms with E-state index in [1.54, 1.807) is 30.3 Å². The molecule has 0 aromatic heterocycles. The van der Waals surface area contributed by atoms with Crippen LogP contribution >= 0.6 is 0 Å². The quantitative estimate of drug-likeness (QED) is 0.459. The van der Waals surface area contributed by atoms with Crippen LogP contribution in [0.4, 0.5) is 5.69 Å². The summed E-state index contributed by atoms with van der Waals surface area (Å²) in [6.45, 7) is 4.07. The molecule has 0 aliphatic rings. The number of nitrogens with zero attached hydrogens (tertiary/aromatic N) is 2. The SMILES string of the molecule is CCCOc1ccc(/C=N\NC(=O)CN(c2cc(C)ccc2OC)S(C)(=O)=O)cc1. The van der Waals surface area contributed by atoms with Gasteiger partial charge in [-0.2, -0.15) is 5.10 Å². The Labute approximate surface area is 177 Å². The Balaban J connectivity index is 2.07. The fraction of sp³-hybridized carbons (Fsp3) is 0.333. The zero-order chi connectivity index (χ0) is 22.1. The summed E-state index contributed by atoms with van der Waals surface area (Å²) in [4.78, 5) is 12.3. The number of nitrogens with one attached hydrogen (secondary N) is 1. The van der Waals surface area contributed by atoms with Gasteiger partial charge in [0, 0.05) is 0 Å². The lowest BCUT2D eigenvalue weighted by Gasteiger charge is -2.23. The van der Waals surface area contributed by atoms with Gasteiger partial charge in [0.05, 0.1) is 31.9 Å². The molecule has 1 N–H and O–H groups in total. The third-order valence-corrected chi connectivity index (χ3v) is 5.17. The fourth-order valence-electron chi connectivity index (χ4n) is 2.59. The first-order valence-corrected chi connectivity index (χ1v) is 11.3. The van der Waals surface area contributed by atoms with Crippen molar-refractivity contribution in [2.24, 2.45) is 5.10 Å². The van der Waals surface area contributed by atoms with Crippen molar-refractivity contribution >= 4 is 27.8 Å². The maximum absolute atomic E-state index is 12.3. The van der Waals surface area contributed by atoms with Gasteiger partial charge in [-0.1, -0.05) is 13.0 Å². The number of carbonyl (C=O) groups excluding carboxylic acids is 1. The van der Waals surface area contributed by atoms with Gasteiger partial charge < -0.3 is 9.47 Å². The summed E-state index contributed by atoms with van der Waals surface area (Å²) >= 11 is 0. The lowest BCUT2D eigenvalue weighted by molar-refractivity contribution is -0.119. The van der Waals surface area contributed by atoms with E-state index in [4.69, 9.17) is 9.47 Å². The number of hydrazone groups is 1. The number of amides is 1. The first-order chi connectivity index (χ1) is 14.2. The first-order valence-electron chi connectivity index (χ1n) is 9.41. The Hall–Kier alpha value is -3.07. The maximum Gasteiger partial charge on any atom is 0.260 e. The molecule has 8 nitrogen and oxygen atoms in total. The molecule has 0 fully saturated rings. The highest BCUT2D eigenvalue weighted by Crippen LogP contribution is 2.30. The van der Waals surface area contributed by atoms with E-state index in [0.29, 0.717) is 18.0 Å². The highest BCUT2D eigenvalue weighted by molar-refractivity contribution is 7.92. The second-order valence-corrected chi connectivity index (χ2v) is 8.56. The molecular formula is C21H27N3O5S. The number of hydrogen-bond donors (Lipinski definition) is 1. The van der Waals surface area contributed by atoms with Gasteiger partial charge in [0.15, 0.2) is 0 Å². The molecule has 30 heavy (non-hydrogen) atoms. The van der Waals surface area contributed by atoms with Gasteiger partial charge in [-0.3, -0.25) is 9.10 Å². The smallest absolute Gasteiger partial charge is 0.260 e. The van der Waals surface area contributed by atoms with E-state index in [1.165, 1.54) is 13.3 Å². The third-order valence-electron chi connectivity index (χ3n) is 4.05. The van der Waals surface area contributed by atoms with E-state index in [9.17, 15) is 13.2 Å². The van der Waals surface area contributed by atoms with Crippen LogP contribution in [0.1, 0.15) is 24.5 Å². The number of anilines is 1. The van der Waals surface area contributed by atoms with Gasteiger partial charge >= 0.3 is 0 Å². The third kappa shape index (κ3) is 6.77. The van der Waals surface area contributed by atoms with E-state index >= 15 is 0 Å². The lowest BCUT2D eigenvalue weighted by atomic mass is 10.2. The van der Waals surface area contributed by atoms with Crippen LogP contribution < -0.4 is 19.2 Å². The van der Waals surface area contributed by atoms with Gasteiger partial charge in [0.25, 0.3) is 5.91 Å². The number of ether oxygens (including phenoxy) is 2. The number of carbonyl (C=O) groups is 1. The number of hydrogen-bond acceptors (Lipinski definition) is 6. The van der Waals surface area contributed by atoms with Crippen molar-refractivity contribution in [3.8, 4) is 11.5 Å². The zero-order valence-electron chi connectivity index (χ0n) is 17.6. The highest BCUT2D eigenvalue weighted by Gasteiger charge is 2.24. The summed E-state index contributed by atoms with van der Waals surface area (Å²) in [5, 5.41) is 3.90. The van der Waals surface area contributed by atoms with Crippen molar-refractivity contribution in [3.05, 3.63) is 53.6 Å². The Morgan fingerprint density at radius 1 is 1.20 bits per heavy atom. The fourth-order valence-corrected chi connectivity index (χ4v) is 3.44. The van der Waals surface area contributed by atoms with Gasteiger partial charge in [-0.15, -0.1) is 0 Å². The van der Waals surface area contributed by atoms with Gasteiger partial charge in [-0.05, 0) is 60.9 Å². The topological polar surface area (TPSA) is 97.3 Å². The Morgan fingerprint density at radius 2 is 1.90 bits per heavy atom. The molecule has 0 atom stereocenters. The summed E-state index contributed by atoms with van der Waals surface area (Å²) in [5.74, 6) is 0.532. The molecule has 0 heterocycles. The molecular weight excluding hydrogens is 406 g/mol. The summed E-state index contributed by atoms with van der Waals surface area (Å²) in [7, 11) is -2.28. The van der Waals surface area contributed by atoms with Crippen molar-refractivity contribution < 1.29 is 22.7 Å². The largest absolute Gasteiger partial charge is 0.495 e. The van der Waals surface area contributed by atoms with Crippen LogP contribution in [0.15, 0.2) is 47.6 Å². The number of rotatable bonds is 10. The molecule has 0 bridgehead atoms. The summed E-state index contributed by atoms with van der Waals surface area (Å²) in [5.41, 5.74) is 4.25. The average Bonchev–Trinajstić information content (AvgIpc) is 2.70. The number of sulfonamides is 1. The second kappa shape index (κ2) is 10.6. The van der Waals surface area contributed by atoms with Crippen molar-refractivity contribution in [3.63, 3.8) is 0 Å². The number of aryl methyl sites for hydroxylation is 1. The Kier molecular flexibility index (Phi) is 8.23. The minimum atomic E-state index is -3.73. The van der Waals surface area contributed by atoms with Crippen LogP contribution in [0.25, 0.3) is 0 Å². The highest BCUT2D eigenvalue weighted by atomic mass is 32.2. The lowest BCUT2D eigenvalue weighted by Crippen LogP contribution is -2.39. The van der Waals surface area contributed by atoms with E-state index in [-0.39, 0.29) is 0 Å². The molecule has 162 valence electrons. The zero-order valence-corrected chi connectivity index (χ0v) is 18.4. The maximum atomic E-state index is 12.3. The average molecular weight is 434 g/mol. The molecule has 0 unspecified atom stereocenters. The van der Waals surface area contributed by atoms with E-state index < -0.39 is 22.5 Å². The predicted molar refractivity (Wildman–Crippen MR) is 118 cm³/mol. The molecule has 9 heteroatoms. The molecule has 1 amide bonds. The van der Waals surface area contributed by atoms with Gasteiger partial charge in [0.1, 0.15) is 18.0 Å². The van der Waals surface area contributed by atoms with Crippen molar-refractivity contribution in [2.75, 3.05) is 30.8 Å². The van der Waals surface area contributed by atoms with Crippen LogP contribution in [0.3, 0.4) is 0 Å². The van der Waals surface area contributed by atoms with Crippen LogP contribution in [0, 0.1) is 6.92 Å². The molecule has 2 aromatic carbocycles. The standard InChI is InChI=1S/C21H27N3O5S/c1-5-12-29-18-9-7-17(8-10-18)14-22-23-21(25)15-24(30(4,26)27)19-13-16(2)6-11-20(19)28-3/h6-11,13-14H,5,12,15H2,1-4H3,(H,23,25)/b22-14-. The van der Waals surface area contributed by atoms with Crippen LogP contribution in [-0.2, 0) is 14.8 Å². The predicted octanol–water partition coefficient (Wildman–Crippen LogP) is 2.71. The Bertz CT molecular complexity index is 988. The minimum absolute atomic E-state index is 0.293. The van der Waals surface area contributed by atoms with Crippen molar-refractivity contribution in [2.45, 2.75) is 20.3 Å². The molecule has 2 aromatic rings. The number of benzene rings is 2. The normalized spacial score (nSPS) is 11.3. The Morgan fingerprint density at radius 3 is 2.50 bits per heavy atom.